The zero-order valence-corrected chi connectivity index (χ0v) is 11.1. The number of ether oxygens (including phenoxy) is 1. The molecule has 1 heterocycles. The van der Waals surface area contributed by atoms with Gasteiger partial charge in [0.2, 0.25) is 5.75 Å². The first kappa shape index (κ1) is 13.6. The van der Waals surface area contributed by atoms with Gasteiger partial charge in [-0.1, -0.05) is 29.3 Å². The summed E-state index contributed by atoms with van der Waals surface area (Å²) < 4.78 is 5.37. The molecule has 0 aliphatic rings. The van der Waals surface area contributed by atoms with E-state index in [4.69, 9.17) is 27.9 Å². The summed E-state index contributed by atoms with van der Waals surface area (Å²) >= 11 is 11.8. The Hall–Kier alpha value is -1.85. The van der Waals surface area contributed by atoms with Gasteiger partial charge in [-0.2, -0.15) is 0 Å². The molecule has 1 aromatic carbocycles. The largest absolute Gasteiger partial charge is 0.481 e. The van der Waals surface area contributed by atoms with Gasteiger partial charge in [0.1, 0.15) is 12.8 Å². The van der Waals surface area contributed by atoms with Crippen molar-refractivity contribution in [2.24, 2.45) is 0 Å². The molecule has 5 nitrogen and oxygen atoms in total. The molecule has 0 aliphatic heterocycles. The minimum atomic E-state index is -0.598. The van der Waals surface area contributed by atoms with E-state index in [1.165, 1.54) is 12.3 Å². The van der Waals surface area contributed by atoms with Crippen molar-refractivity contribution in [1.29, 1.82) is 0 Å². The van der Waals surface area contributed by atoms with Crippen molar-refractivity contribution in [3.63, 3.8) is 0 Å². The van der Waals surface area contributed by atoms with Crippen molar-refractivity contribution in [3.05, 3.63) is 62.3 Å². The molecule has 7 heteroatoms. The van der Waals surface area contributed by atoms with Crippen LogP contribution in [0.25, 0.3) is 0 Å². The first-order chi connectivity index (χ1) is 9.08. The molecule has 0 spiro atoms. The second-order valence-electron chi connectivity index (χ2n) is 3.61. The normalized spacial score (nSPS) is 10.2. The van der Waals surface area contributed by atoms with Crippen molar-refractivity contribution in [1.82, 2.24) is 4.98 Å². The third kappa shape index (κ3) is 3.33. The molecule has 2 aromatic rings. The van der Waals surface area contributed by atoms with Gasteiger partial charge in [-0.25, -0.2) is 0 Å². The predicted octanol–water partition coefficient (Wildman–Crippen LogP) is 3.88. The molecular weight excluding hydrogens is 291 g/mol. The summed E-state index contributed by atoms with van der Waals surface area (Å²) in [4.78, 5) is 13.8. The third-order valence-corrected chi connectivity index (χ3v) is 2.91. The molecule has 0 bridgehead atoms. The standard InChI is InChI=1S/C12H8Cl2N2O3/c13-9-4-3-8(10(14)6-9)7-19-11-2-1-5-15-12(11)16(17)18/h1-6H,7H2. The number of aromatic nitrogens is 1. The van der Waals surface area contributed by atoms with Crippen LogP contribution in [0.15, 0.2) is 36.5 Å². The van der Waals surface area contributed by atoms with E-state index >= 15 is 0 Å². The monoisotopic (exact) mass is 298 g/mol. The van der Waals surface area contributed by atoms with Gasteiger partial charge in [0.25, 0.3) is 0 Å². The highest BCUT2D eigenvalue weighted by Crippen LogP contribution is 2.26. The molecule has 0 saturated carbocycles. The van der Waals surface area contributed by atoms with Gasteiger partial charge in [-0.3, -0.25) is 0 Å². The van der Waals surface area contributed by atoms with E-state index in [0.717, 1.165) is 0 Å². The Labute approximate surface area is 118 Å². The van der Waals surface area contributed by atoms with Crippen molar-refractivity contribution in [3.8, 4) is 5.75 Å². The molecule has 0 amide bonds. The van der Waals surface area contributed by atoms with Crippen LogP contribution in [0.4, 0.5) is 5.82 Å². The van der Waals surface area contributed by atoms with Crippen LogP contribution in [-0.4, -0.2) is 9.91 Å². The lowest BCUT2D eigenvalue weighted by Crippen LogP contribution is -2.01. The van der Waals surface area contributed by atoms with Gasteiger partial charge in [0.15, 0.2) is 0 Å². The van der Waals surface area contributed by atoms with E-state index in [-0.39, 0.29) is 18.2 Å². The van der Waals surface area contributed by atoms with Gasteiger partial charge in [-0.15, -0.1) is 0 Å². The summed E-state index contributed by atoms with van der Waals surface area (Å²) in [6.07, 6.45) is 1.33. The Morgan fingerprint density at radius 2 is 2.11 bits per heavy atom. The zero-order chi connectivity index (χ0) is 13.8. The summed E-state index contributed by atoms with van der Waals surface area (Å²) in [6.45, 7) is 0.0997. The number of halogens is 2. The minimum absolute atomic E-state index is 0.0958. The van der Waals surface area contributed by atoms with E-state index in [1.54, 1.807) is 24.3 Å². The Bertz CT molecular complexity index is 620. The number of hydrogen-bond donors (Lipinski definition) is 0. The van der Waals surface area contributed by atoms with E-state index in [0.29, 0.717) is 15.6 Å². The molecule has 19 heavy (non-hydrogen) atoms. The molecule has 0 radical (unpaired) electrons. The Morgan fingerprint density at radius 1 is 1.32 bits per heavy atom. The number of benzene rings is 1. The van der Waals surface area contributed by atoms with Gasteiger partial charge >= 0.3 is 5.82 Å². The highest BCUT2D eigenvalue weighted by Gasteiger charge is 2.15. The second kappa shape index (κ2) is 5.86. The Balaban J connectivity index is 2.17. The lowest BCUT2D eigenvalue weighted by Gasteiger charge is -2.07. The number of rotatable bonds is 4. The van der Waals surface area contributed by atoms with Crippen molar-refractivity contribution in [2.75, 3.05) is 0 Å². The minimum Gasteiger partial charge on any atom is -0.481 e. The summed E-state index contributed by atoms with van der Waals surface area (Å²) in [5.41, 5.74) is 0.684. The lowest BCUT2D eigenvalue weighted by atomic mass is 10.2. The molecular formula is C12H8Cl2N2O3. The topological polar surface area (TPSA) is 65.3 Å². The summed E-state index contributed by atoms with van der Waals surface area (Å²) in [5, 5.41) is 11.7. The molecule has 2 rings (SSSR count). The molecule has 0 aliphatic carbocycles. The number of hydrogen-bond acceptors (Lipinski definition) is 4. The van der Waals surface area contributed by atoms with Crippen LogP contribution in [0, 0.1) is 10.1 Å². The van der Waals surface area contributed by atoms with Crippen LogP contribution >= 0.6 is 23.2 Å². The van der Waals surface area contributed by atoms with Crippen molar-refractivity contribution in [2.45, 2.75) is 6.61 Å². The molecule has 0 saturated heterocycles. The van der Waals surface area contributed by atoms with Crippen LogP contribution in [0.1, 0.15) is 5.56 Å². The fraction of sp³-hybridized carbons (Fsp3) is 0.0833. The average Bonchev–Trinajstić information content (AvgIpc) is 2.38. The molecule has 0 atom stereocenters. The Morgan fingerprint density at radius 3 is 2.79 bits per heavy atom. The summed E-state index contributed by atoms with van der Waals surface area (Å²) in [7, 11) is 0. The SMILES string of the molecule is O=[N+]([O-])c1ncccc1OCc1ccc(Cl)cc1Cl. The fourth-order valence-corrected chi connectivity index (χ4v) is 1.89. The van der Waals surface area contributed by atoms with Crippen LogP contribution in [0.2, 0.25) is 10.0 Å². The Kier molecular flexibility index (Phi) is 4.19. The van der Waals surface area contributed by atoms with E-state index < -0.39 is 4.92 Å². The summed E-state index contributed by atoms with van der Waals surface area (Å²) in [5.74, 6) is -0.230. The van der Waals surface area contributed by atoms with E-state index in [2.05, 4.69) is 4.98 Å². The van der Waals surface area contributed by atoms with Crippen LogP contribution in [0.5, 0.6) is 5.75 Å². The lowest BCUT2D eigenvalue weighted by molar-refractivity contribution is -0.390. The molecule has 98 valence electrons. The van der Waals surface area contributed by atoms with Crippen molar-refractivity contribution >= 4 is 29.0 Å². The number of nitro groups is 1. The van der Waals surface area contributed by atoms with Crippen molar-refractivity contribution < 1.29 is 9.66 Å². The van der Waals surface area contributed by atoms with E-state index in [1.807, 2.05) is 0 Å². The maximum atomic E-state index is 10.8. The molecule has 0 N–H and O–H groups in total. The first-order valence-corrected chi connectivity index (χ1v) is 5.99. The number of pyridine rings is 1. The second-order valence-corrected chi connectivity index (χ2v) is 4.45. The van der Waals surface area contributed by atoms with Crippen LogP contribution in [0.3, 0.4) is 0 Å². The molecule has 0 fully saturated rings. The molecule has 0 unspecified atom stereocenters. The zero-order valence-electron chi connectivity index (χ0n) is 9.55. The maximum absolute atomic E-state index is 10.8. The smallest absolute Gasteiger partial charge is 0.406 e. The summed E-state index contributed by atoms with van der Waals surface area (Å²) in [6, 6.07) is 8.00. The quantitative estimate of drug-likeness (QED) is 0.635. The van der Waals surface area contributed by atoms with Gasteiger partial charge in [0.05, 0.1) is 0 Å². The maximum Gasteiger partial charge on any atom is 0.406 e. The van der Waals surface area contributed by atoms with Gasteiger partial charge < -0.3 is 14.9 Å². The highest BCUT2D eigenvalue weighted by atomic mass is 35.5. The van der Waals surface area contributed by atoms with Gasteiger partial charge in [-0.05, 0) is 34.2 Å². The van der Waals surface area contributed by atoms with Crippen LogP contribution < -0.4 is 4.74 Å². The third-order valence-electron chi connectivity index (χ3n) is 2.32. The first-order valence-electron chi connectivity index (χ1n) is 5.24. The highest BCUT2D eigenvalue weighted by molar-refractivity contribution is 6.35. The fourth-order valence-electron chi connectivity index (χ4n) is 1.43. The van der Waals surface area contributed by atoms with E-state index in [9.17, 15) is 10.1 Å². The average molecular weight is 299 g/mol. The van der Waals surface area contributed by atoms with Gasteiger partial charge in [0, 0.05) is 15.6 Å². The van der Waals surface area contributed by atoms with Crippen LogP contribution in [-0.2, 0) is 6.61 Å². The molecule has 1 aromatic heterocycles. The predicted molar refractivity (Wildman–Crippen MR) is 71.7 cm³/mol. The number of nitrogens with zero attached hydrogens (tertiary/aromatic N) is 2.